The number of methoxy groups -OCH3 is 1. The standard InChI is InChI=1S/C18H21ClN4O3/c1-26-16(24)13-23-18(25)17(19)15(11-20-23)22-9-7-21(8-10-22)12-14-5-3-2-4-6-14/h2-6,11H,7-10,12-13H2,1H3. The van der Waals surface area contributed by atoms with Crippen molar-refractivity contribution in [2.24, 2.45) is 0 Å². The molecule has 1 aromatic heterocycles. The summed E-state index contributed by atoms with van der Waals surface area (Å²) in [6, 6.07) is 10.3. The first-order valence-corrected chi connectivity index (χ1v) is 8.80. The molecule has 3 rings (SSSR count). The van der Waals surface area contributed by atoms with Crippen LogP contribution < -0.4 is 10.5 Å². The third-order valence-electron chi connectivity index (χ3n) is 4.44. The second-order valence-electron chi connectivity index (χ2n) is 6.13. The van der Waals surface area contributed by atoms with Gasteiger partial charge in [-0.2, -0.15) is 5.10 Å². The highest BCUT2D eigenvalue weighted by Crippen LogP contribution is 2.22. The lowest BCUT2D eigenvalue weighted by Crippen LogP contribution is -2.46. The molecule has 138 valence electrons. The average molecular weight is 377 g/mol. The highest BCUT2D eigenvalue weighted by atomic mass is 35.5. The number of rotatable bonds is 5. The van der Waals surface area contributed by atoms with Crippen molar-refractivity contribution in [1.29, 1.82) is 0 Å². The van der Waals surface area contributed by atoms with Crippen molar-refractivity contribution in [3.8, 4) is 0 Å². The summed E-state index contributed by atoms with van der Waals surface area (Å²) in [5.41, 5.74) is 1.41. The minimum absolute atomic E-state index is 0.0837. The van der Waals surface area contributed by atoms with Crippen molar-refractivity contribution in [2.75, 3.05) is 38.2 Å². The molecule has 26 heavy (non-hydrogen) atoms. The molecule has 2 aromatic rings. The lowest BCUT2D eigenvalue weighted by Gasteiger charge is -2.36. The molecule has 0 amide bonds. The van der Waals surface area contributed by atoms with Gasteiger partial charge in [-0.3, -0.25) is 14.5 Å². The number of benzene rings is 1. The maximum Gasteiger partial charge on any atom is 0.327 e. The maximum atomic E-state index is 12.3. The molecule has 0 atom stereocenters. The number of hydrogen-bond acceptors (Lipinski definition) is 6. The van der Waals surface area contributed by atoms with E-state index in [-0.39, 0.29) is 11.6 Å². The minimum atomic E-state index is -0.544. The fourth-order valence-corrected chi connectivity index (χ4v) is 3.23. The van der Waals surface area contributed by atoms with E-state index < -0.39 is 11.5 Å². The van der Waals surface area contributed by atoms with Gasteiger partial charge in [-0.15, -0.1) is 0 Å². The predicted octanol–water partition coefficient (Wildman–Crippen LogP) is 1.39. The molecule has 1 fully saturated rings. The van der Waals surface area contributed by atoms with Crippen LogP contribution in [0.3, 0.4) is 0 Å². The lowest BCUT2D eigenvalue weighted by atomic mass is 10.2. The lowest BCUT2D eigenvalue weighted by molar-refractivity contribution is -0.141. The van der Waals surface area contributed by atoms with Crippen molar-refractivity contribution in [3.05, 3.63) is 57.5 Å². The van der Waals surface area contributed by atoms with E-state index in [2.05, 4.69) is 31.8 Å². The van der Waals surface area contributed by atoms with Crippen molar-refractivity contribution >= 4 is 23.3 Å². The summed E-state index contributed by atoms with van der Waals surface area (Å²) in [7, 11) is 1.26. The summed E-state index contributed by atoms with van der Waals surface area (Å²) in [6.45, 7) is 3.91. The third kappa shape index (κ3) is 4.23. The number of ether oxygens (including phenoxy) is 1. The van der Waals surface area contributed by atoms with E-state index in [1.807, 2.05) is 18.2 Å². The summed E-state index contributed by atoms with van der Waals surface area (Å²) < 4.78 is 5.58. The highest BCUT2D eigenvalue weighted by molar-refractivity contribution is 6.33. The normalized spacial score (nSPS) is 15.1. The van der Waals surface area contributed by atoms with Crippen LogP contribution in [0.1, 0.15) is 5.56 Å². The monoisotopic (exact) mass is 376 g/mol. The van der Waals surface area contributed by atoms with Gasteiger partial charge < -0.3 is 9.64 Å². The van der Waals surface area contributed by atoms with E-state index in [4.69, 9.17) is 11.6 Å². The molecule has 0 aliphatic carbocycles. The maximum absolute atomic E-state index is 12.3. The van der Waals surface area contributed by atoms with Crippen molar-refractivity contribution in [3.63, 3.8) is 0 Å². The van der Waals surface area contributed by atoms with E-state index in [9.17, 15) is 9.59 Å². The largest absolute Gasteiger partial charge is 0.468 e. The van der Waals surface area contributed by atoms with Crippen molar-refractivity contribution < 1.29 is 9.53 Å². The number of hydrogen-bond donors (Lipinski definition) is 0. The molecular formula is C18H21ClN4O3. The Hall–Kier alpha value is -2.38. The average Bonchev–Trinajstić information content (AvgIpc) is 2.67. The van der Waals surface area contributed by atoms with Crippen LogP contribution in [0.25, 0.3) is 0 Å². The minimum Gasteiger partial charge on any atom is -0.468 e. The molecule has 1 aliphatic rings. The molecular weight excluding hydrogens is 356 g/mol. The summed E-state index contributed by atoms with van der Waals surface area (Å²) in [5.74, 6) is -0.544. The van der Waals surface area contributed by atoms with Crippen LogP contribution >= 0.6 is 11.6 Å². The van der Waals surface area contributed by atoms with Crippen LogP contribution in [0, 0.1) is 0 Å². The fourth-order valence-electron chi connectivity index (χ4n) is 2.96. The molecule has 0 saturated carbocycles. The smallest absolute Gasteiger partial charge is 0.327 e. The predicted molar refractivity (Wildman–Crippen MR) is 99.5 cm³/mol. The van der Waals surface area contributed by atoms with Gasteiger partial charge in [0.1, 0.15) is 11.6 Å². The second kappa shape index (κ2) is 8.33. The first-order chi connectivity index (χ1) is 12.6. The zero-order chi connectivity index (χ0) is 18.5. The first-order valence-electron chi connectivity index (χ1n) is 8.42. The quantitative estimate of drug-likeness (QED) is 0.735. The molecule has 1 aromatic carbocycles. The third-order valence-corrected chi connectivity index (χ3v) is 4.79. The van der Waals surface area contributed by atoms with Gasteiger partial charge in [-0.1, -0.05) is 41.9 Å². The number of piperazine rings is 1. The van der Waals surface area contributed by atoms with Crippen LogP contribution in [-0.2, 0) is 22.6 Å². The van der Waals surface area contributed by atoms with Crippen LogP contribution in [0.4, 0.5) is 5.69 Å². The Morgan fingerprint density at radius 3 is 2.54 bits per heavy atom. The second-order valence-corrected chi connectivity index (χ2v) is 6.51. The Labute approximate surface area is 156 Å². The molecule has 2 heterocycles. The van der Waals surface area contributed by atoms with Gasteiger partial charge in [-0.25, -0.2) is 4.68 Å². The molecule has 0 bridgehead atoms. The molecule has 0 radical (unpaired) electrons. The number of carbonyl (C=O) groups excluding carboxylic acids is 1. The van der Waals surface area contributed by atoms with Gasteiger partial charge in [-0.05, 0) is 5.56 Å². The summed E-state index contributed by atoms with van der Waals surface area (Å²) in [4.78, 5) is 28.1. The van der Waals surface area contributed by atoms with Gasteiger partial charge in [0.15, 0.2) is 0 Å². The van der Waals surface area contributed by atoms with Gasteiger partial charge in [0.2, 0.25) is 0 Å². The first kappa shape index (κ1) is 18.4. The molecule has 8 heteroatoms. The zero-order valence-electron chi connectivity index (χ0n) is 14.6. The Balaban J connectivity index is 1.65. The SMILES string of the molecule is COC(=O)Cn1ncc(N2CCN(Cc3ccccc3)CC2)c(Cl)c1=O. The highest BCUT2D eigenvalue weighted by Gasteiger charge is 2.21. The summed E-state index contributed by atoms with van der Waals surface area (Å²) in [5, 5.41) is 4.14. The van der Waals surface area contributed by atoms with Gasteiger partial charge in [0, 0.05) is 32.7 Å². The van der Waals surface area contributed by atoms with Crippen LogP contribution in [0.15, 0.2) is 41.3 Å². The summed E-state index contributed by atoms with van der Waals surface area (Å²) in [6.07, 6.45) is 1.54. The molecule has 0 spiro atoms. The molecule has 0 unspecified atom stereocenters. The number of aromatic nitrogens is 2. The number of esters is 1. The number of halogens is 1. The van der Waals surface area contributed by atoms with Crippen LogP contribution in [-0.4, -0.2) is 53.9 Å². The number of nitrogens with zero attached hydrogens (tertiary/aromatic N) is 4. The topological polar surface area (TPSA) is 67.7 Å². The van der Waals surface area contributed by atoms with E-state index in [1.165, 1.54) is 12.7 Å². The van der Waals surface area contributed by atoms with E-state index in [0.29, 0.717) is 5.69 Å². The van der Waals surface area contributed by atoms with E-state index in [1.54, 1.807) is 6.20 Å². The van der Waals surface area contributed by atoms with Gasteiger partial charge >= 0.3 is 5.97 Å². The number of carbonyl (C=O) groups is 1. The summed E-state index contributed by atoms with van der Waals surface area (Å²) >= 11 is 6.24. The fraction of sp³-hybridized carbons (Fsp3) is 0.389. The molecule has 1 aliphatic heterocycles. The van der Waals surface area contributed by atoms with E-state index in [0.717, 1.165) is 37.4 Å². The van der Waals surface area contributed by atoms with E-state index >= 15 is 0 Å². The van der Waals surface area contributed by atoms with Crippen LogP contribution in [0.5, 0.6) is 0 Å². The molecule has 1 saturated heterocycles. The van der Waals surface area contributed by atoms with Crippen molar-refractivity contribution in [1.82, 2.24) is 14.7 Å². The molecule has 7 nitrogen and oxygen atoms in total. The molecule has 0 N–H and O–H groups in total. The van der Waals surface area contributed by atoms with Gasteiger partial charge in [0.25, 0.3) is 5.56 Å². The Kier molecular flexibility index (Phi) is 5.90. The number of anilines is 1. The Morgan fingerprint density at radius 2 is 1.88 bits per heavy atom. The van der Waals surface area contributed by atoms with Crippen molar-refractivity contribution in [2.45, 2.75) is 13.1 Å². The zero-order valence-corrected chi connectivity index (χ0v) is 15.4. The Morgan fingerprint density at radius 1 is 1.19 bits per heavy atom. The van der Waals surface area contributed by atoms with Gasteiger partial charge in [0.05, 0.1) is 19.0 Å². The Bertz CT molecular complexity index is 817. The van der Waals surface area contributed by atoms with Crippen LogP contribution in [0.2, 0.25) is 5.02 Å².